The second-order valence-electron chi connectivity index (χ2n) is 8.23. The van der Waals surface area contributed by atoms with Crippen molar-refractivity contribution >= 4 is 11.9 Å². The predicted molar refractivity (Wildman–Crippen MR) is 104 cm³/mol. The zero-order chi connectivity index (χ0) is 19.2. The van der Waals surface area contributed by atoms with E-state index in [0.29, 0.717) is 6.42 Å². The van der Waals surface area contributed by atoms with Crippen molar-refractivity contribution in [1.29, 1.82) is 0 Å². The van der Waals surface area contributed by atoms with Crippen LogP contribution in [0.4, 0.5) is 5.95 Å². The highest BCUT2D eigenvalue weighted by molar-refractivity contribution is 5.79. The molecular formula is C20H28N6O. The van der Waals surface area contributed by atoms with Gasteiger partial charge in [-0.15, -0.1) is 0 Å². The molecule has 2 aromatic rings. The van der Waals surface area contributed by atoms with Crippen LogP contribution in [0.25, 0.3) is 0 Å². The lowest BCUT2D eigenvalue weighted by Crippen LogP contribution is -2.48. The number of rotatable bonds is 3. The van der Waals surface area contributed by atoms with Gasteiger partial charge in [-0.05, 0) is 38.2 Å². The molecule has 1 fully saturated rings. The van der Waals surface area contributed by atoms with Crippen LogP contribution in [0, 0.1) is 6.92 Å². The maximum atomic E-state index is 13.0. The number of piperidine rings is 1. The van der Waals surface area contributed by atoms with Crippen molar-refractivity contribution in [3.63, 3.8) is 0 Å². The minimum Gasteiger partial charge on any atom is -0.347 e. The van der Waals surface area contributed by atoms with E-state index in [-0.39, 0.29) is 11.3 Å². The molecule has 1 unspecified atom stereocenters. The average molecular weight is 368 g/mol. The molecule has 0 aromatic carbocycles. The Balaban J connectivity index is 1.56. The molecule has 2 aliphatic rings. The van der Waals surface area contributed by atoms with Crippen molar-refractivity contribution in [2.45, 2.75) is 44.4 Å². The molecule has 7 heteroatoms. The zero-order valence-corrected chi connectivity index (χ0v) is 16.7. The lowest BCUT2D eigenvalue weighted by Gasteiger charge is -2.40. The normalized spacial score (nSPS) is 21.6. The largest absolute Gasteiger partial charge is 0.347 e. The lowest BCUT2D eigenvalue weighted by molar-refractivity contribution is -0.132. The third-order valence-corrected chi connectivity index (χ3v) is 6.01. The van der Waals surface area contributed by atoms with Crippen LogP contribution < -0.4 is 4.90 Å². The van der Waals surface area contributed by atoms with Crippen molar-refractivity contribution < 1.29 is 4.79 Å². The number of amides is 1. The number of aromatic nitrogens is 4. The van der Waals surface area contributed by atoms with Gasteiger partial charge in [-0.1, -0.05) is 0 Å². The number of hydrogen-bond donors (Lipinski definition) is 0. The molecule has 27 heavy (non-hydrogen) atoms. The van der Waals surface area contributed by atoms with Crippen LogP contribution in [0.2, 0.25) is 0 Å². The van der Waals surface area contributed by atoms with Crippen molar-refractivity contribution in [2.24, 2.45) is 7.05 Å². The van der Waals surface area contributed by atoms with Gasteiger partial charge in [-0.25, -0.2) is 9.97 Å². The second kappa shape index (κ2) is 6.62. The standard InChI is InChI=1S/C20H28N6O/c1-14-16(12-25(4)23-14)10-17(27)26-9-5-7-20(13-26)8-6-15-11-21-19(24(2)3)22-18(15)20/h11-12H,5-10,13H2,1-4H3. The summed E-state index contributed by atoms with van der Waals surface area (Å²) in [5, 5.41) is 4.36. The molecule has 1 atom stereocenters. The molecule has 1 aliphatic carbocycles. The molecular weight excluding hydrogens is 340 g/mol. The highest BCUT2D eigenvalue weighted by atomic mass is 16.2. The summed E-state index contributed by atoms with van der Waals surface area (Å²) in [5.74, 6) is 0.949. The SMILES string of the molecule is Cc1nn(C)cc1CC(=O)N1CCCC2(CCc3cnc(N(C)C)nc32)C1. The van der Waals surface area contributed by atoms with Crippen LogP contribution in [0.5, 0.6) is 0 Å². The number of carbonyl (C=O) groups excluding carboxylic acids is 1. The number of nitrogens with zero attached hydrogens (tertiary/aromatic N) is 6. The van der Waals surface area contributed by atoms with E-state index in [1.807, 2.05) is 50.3 Å². The third kappa shape index (κ3) is 3.19. The molecule has 4 rings (SSSR count). The van der Waals surface area contributed by atoms with Gasteiger partial charge in [0.15, 0.2) is 0 Å². The molecule has 7 nitrogen and oxygen atoms in total. The molecule has 1 spiro atoms. The Morgan fingerprint density at radius 1 is 1.33 bits per heavy atom. The molecule has 0 N–H and O–H groups in total. The van der Waals surface area contributed by atoms with E-state index in [1.54, 1.807) is 4.68 Å². The van der Waals surface area contributed by atoms with Crippen molar-refractivity contribution in [3.8, 4) is 0 Å². The van der Waals surface area contributed by atoms with Crippen LogP contribution in [-0.2, 0) is 30.1 Å². The maximum absolute atomic E-state index is 13.0. The Morgan fingerprint density at radius 2 is 2.15 bits per heavy atom. The monoisotopic (exact) mass is 368 g/mol. The van der Waals surface area contributed by atoms with Crippen molar-refractivity contribution in [1.82, 2.24) is 24.6 Å². The van der Waals surface area contributed by atoms with Crippen molar-refractivity contribution in [3.05, 3.63) is 34.9 Å². The van der Waals surface area contributed by atoms with E-state index in [9.17, 15) is 4.79 Å². The summed E-state index contributed by atoms with van der Waals surface area (Å²) in [6, 6.07) is 0. The van der Waals surface area contributed by atoms with Gasteiger partial charge >= 0.3 is 0 Å². The molecule has 2 aromatic heterocycles. The van der Waals surface area contributed by atoms with Gasteiger partial charge in [0.25, 0.3) is 0 Å². The number of aryl methyl sites for hydroxylation is 3. The van der Waals surface area contributed by atoms with E-state index in [1.165, 1.54) is 5.56 Å². The average Bonchev–Trinajstić information content (AvgIpc) is 3.14. The number of hydrogen-bond acceptors (Lipinski definition) is 5. The first kappa shape index (κ1) is 17.9. The predicted octanol–water partition coefficient (Wildman–Crippen LogP) is 1.63. The molecule has 0 bridgehead atoms. The highest BCUT2D eigenvalue weighted by Gasteiger charge is 2.44. The minimum absolute atomic E-state index is 0.0130. The summed E-state index contributed by atoms with van der Waals surface area (Å²) in [5.41, 5.74) is 4.36. The zero-order valence-electron chi connectivity index (χ0n) is 16.7. The van der Waals surface area contributed by atoms with E-state index in [2.05, 4.69) is 10.1 Å². The second-order valence-corrected chi connectivity index (χ2v) is 8.23. The smallest absolute Gasteiger partial charge is 0.227 e. The Labute approximate surface area is 160 Å². The fourth-order valence-electron chi connectivity index (χ4n) is 4.59. The van der Waals surface area contributed by atoms with Crippen LogP contribution in [-0.4, -0.2) is 57.7 Å². The molecule has 1 saturated heterocycles. The maximum Gasteiger partial charge on any atom is 0.227 e. The Morgan fingerprint density at radius 3 is 2.85 bits per heavy atom. The topological polar surface area (TPSA) is 67.2 Å². The highest BCUT2D eigenvalue weighted by Crippen LogP contribution is 2.44. The summed E-state index contributed by atoms with van der Waals surface area (Å²) in [6.07, 6.45) is 8.55. The van der Waals surface area contributed by atoms with E-state index in [4.69, 9.17) is 4.98 Å². The van der Waals surface area contributed by atoms with Gasteiger partial charge in [-0.2, -0.15) is 5.10 Å². The molecule has 144 valence electrons. The van der Waals surface area contributed by atoms with Crippen LogP contribution >= 0.6 is 0 Å². The molecule has 0 radical (unpaired) electrons. The van der Waals surface area contributed by atoms with E-state index >= 15 is 0 Å². The molecule has 0 saturated carbocycles. The molecule has 1 aliphatic heterocycles. The number of likely N-dealkylation sites (tertiary alicyclic amines) is 1. The lowest BCUT2D eigenvalue weighted by atomic mass is 9.77. The number of anilines is 1. The quantitative estimate of drug-likeness (QED) is 0.824. The van der Waals surface area contributed by atoms with E-state index in [0.717, 1.165) is 61.7 Å². The molecule has 1 amide bonds. The Hall–Kier alpha value is -2.44. The fraction of sp³-hybridized carbons (Fsp3) is 0.600. The van der Waals surface area contributed by atoms with Gasteiger partial charge < -0.3 is 9.80 Å². The molecule has 3 heterocycles. The van der Waals surface area contributed by atoms with Crippen LogP contribution in [0.3, 0.4) is 0 Å². The number of carbonyl (C=O) groups is 1. The Kier molecular flexibility index (Phi) is 4.40. The first-order valence-corrected chi connectivity index (χ1v) is 9.68. The van der Waals surface area contributed by atoms with Gasteiger partial charge in [0, 0.05) is 57.6 Å². The number of fused-ring (bicyclic) bond motifs is 2. The Bertz CT molecular complexity index is 869. The van der Waals surface area contributed by atoms with Gasteiger partial charge in [0.05, 0.1) is 17.8 Å². The summed E-state index contributed by atoms with van der Waals surface area (Å²) in [7, 11) is 5.83. The summed E-state index contributed by atoms with van der Waals surface area (Å²) in [4.78, 5) is 26.4. The third-order valence-electron chi connectivity index (χ3n) is 6.01. The summed E-state index contributed by atoms with van der Waals surface area (Å²) >= 11 is 0. The summed E-state index contributed by atoms with van der Waals surface area (Å²) in [6.45, 7) is 3.57. The van der Waals surface area contributed by atoms with E-state index < -0.39 is 0 Å². The minimum atomic E-state index is -0.0130. The van der Waals surface area contributed by atoms with Crippen molar-refractivity contribution in [2.75, 3.05) is 32.1 Å². The first-order valence-electron chi connectivity index (χ1n) is 9.68. The van der Waals surface area contributed by atoms with Crippen LogP contribution in [0.15, 0.2) is 12.4 Å². The first-order chi connectivity index (χ1) is 12.9. The van der Waals surface area contributed by atoms with Crippen LogP contribution in [0.1, 0.15) is 41.8 Å². The summed E-state index contributed by atoms with van der Waals surface area (Å²) < 4.78 is 1.78. The van der Waals surface area contributed by atoms with Gasteiger partial charge in [0.1, 0.15) is 0 Å². The van der Waals surface area contributed by atoms with Gasteiger partial charge in [-0.3, -0.25) is 9.48 Å². The van der Waals surface area contributed by atoms with Gasteiger partial charge in [0.2, 0.25) is 11.9 Å². The fourth-order valence-corrected chi connectivity index (χ4v) is 4.59.